The van der Waals surface area contributed by atoms with Crippen molar-refractivity contribution in [3.05, 3.63) is 11.7 Å². The van der Waals surface area contributed by atoms with E-state index in [0.29, 0.717) is 30.8 Å². The molecule has 0 aliphatic carbocycles. The molecule has 1 aromatic rings. The van der Waals surface area contributed by atoms with Gasteiger partial charge in [-0.15, -0.1) is 0 Å². The van der Waals surface area contributed by atoms with Gasteiger partial charge in [-0.3, -0.25) is 0 Å². The molecule has 108 valence electrons. The Morgan fingerprint density at radius 1 is 1.37 bits per heavy atom. The second-order valence-electron chi connectivity index (χ2n) is 5.50. The minimum absolute atomic E-state index is 0.213. The predicted octanol–water partition coefficient (Wildman–Crippen LogP) is 1.77. The molecule has 2 N–H and O–H groups in total. The van der Waals surface area contributed by atoms with Gasteiger partial charge in [-0.1, -0.05) is 19.0 Å². The van der Waals surface area contributed by atoms with Crippen molar-refractivity contribution in [1.82, 2.24) is 10.1 Å². The van der Waals surface area contributed by atoms with Crippen molar-refractivity contribution < 1.29 is 14.0 Å². The molecule has 1 fully saturated rings. The Balaban J connectivity index is 2.14. The minimum atomic E-state index is -0.489. The number of rotatable bonds is 5. The average molecular weight is 269 g/mol. The van der Waals surface area contributed by atoms with Gasteiger partial charge in [0.2, 0.25) is 11.7 Å². The highest BCUT2D eigenvalue weighted by Gasteiger charge is 2.39. The maximum Gasteiger partial charge on any atom is 0.243 e. The van der Waals surface area contributed by atoms with E-state index in [1.54, 1.807) is 7.11 Å². The zero-order chi connectivity index (χ0) is 13.9. The van der Waals surface area contributed by atoms with Gasteiger partial charge in [0, 0.05) is 33.2 Å². The molecule has 0 spiro atoms. The molecule has 1 unspecified atom stereocenters. The second kappa shape index (κ2) is 5.98. The summed E-state index contributed by atoms with van der Waals surface area (Å²) in [6.45, 7) is 5.53. The van der Waals surface area contributed by atoms with Crippen molar-refractivity contribution in [2.45, 2.75) is 44.8 Å². The van der Waals surface area contributed by atoms with Gasteiger partial charge in [0.25, 0.3) is 0 Å². The molecule has 2 rings (SSSR count). The summed E-state index contributed by atoms with van der Waals surface area (Å²) in [6, 6.07) is -0.213. The van der Waals surface area contributed by atoms with Crippen LogP contribution in [0.2, 0.25) is 0 Å². The fraction of sp³-hybridized carbons (Fsp3) is 0.846. The predicted molar refractivity (Wildman–Crippen MR) is 69.4 cm³/mol. The summed E-state index contributed by atoms with van der Waals surface area (Å²) >= 11 is 0. The van der Waals surface area contributed by atoms with Crippen LogP contribution in [-0.2, 0) is 15.1 Å². The molecule has 6 heteroatoms. The van der Waals surface area contributed by atoms with Crippen LogP contribution in [0.3, 0.4) is 0 Å². The van der Waals surface area contributed by atoms with Crippen LogP contribution < -0.4 is 5.73 Å². The van der Waals surface area contributed by atoms with Gasteiger partial charge in [-0.05, 0) is 12.3 Å². The highest BCUT2D eigenvalue weighted by molar-refractivity contribution is 5.04. The minimum Gasteiger partial charge on any atom is -0.381 e. The fourth-order valence-electron chi connectivity index (χ4n) is 2.40. The van der Waals surface area contributed by atoms with E-state index >= 15 is 0 Å². The molecule has 0 saturated carbocycles. The number of hydrogen-bond acceptors (Lipinski definition) is 6. The maximum atomic E-state index is 6.06. The average Bonchev–Trinajstić information content (AvgIpc) is 2.89. The standard InChI is InChI=1S/C13H23N3O3/c1-9(2)8-10(14)11-15-12(16-19-11)13(17-3)4-6-18-7-5-13/h9-10H,4-8,14H2,1-3H3. The Bertz CT molecular complexity index is 400. The van der Waals surface area contributed by atoms with Gasteiger partial charge in [-0.2, -0.15) is 4.98 Å². The first-order chi connectivity index (χ1) is 9.07. The third-order valence-electron chi connectivity index (χ3n) is 3.58. The maximum absolute atomic E-state index is 6.06. The molecule has 0 radical (unpaired) electrons. The van der Waals surface area contributed by atoms with Crippen molar-refractivity contribution in [3.8, 4) is 0 Å². The van der Waals surface area contributed by atoms with Gasteiger partial charge in [0.05, 0.1) is 6.04 Å². The summed E-state index contributed by atoms with van der Waals surface area (Å²) < 4.78 is 16.3. The quantitative estimate of drug-likeness (QED) is 0.877. The van der Waals surface area contributed by atoms with Crippen molar-refractivity contribution in [2.24, 2.45) is 11.7 Å². The van der Waals surface area contributed by atoms with Crippen LogP contribution in [0.4, 0.5) is 0 Å². The van der Waals surface area contributed by atoms with Gasteiger partial charge in [0.15, 0.2) is 0 Å². The van der Waals surface area contributed by atoms with Crippen molar-refractivity contribution in [1.29, 1.82) is 0 Å². The van der Waals surface area contributed by atoms with Crippen molar-refractivity contribution >= 4 is 0 Å². The van der Waals surface area contributed by atoms with Crippen LogP contribution in [0.1, 0.15) is 50.9 Å². The van der Waals surface area contributed by atoms with E-state index < -0.39 is 5.60 Å². The van der Waals surface area contributed by atoms with Crippen molar-refractivity contribution in [2.75, 3.05) is 20.3 Å². The Morgan fingerprint density at radius 2 is 2.05 bits per heavy atom. The first-order valence-electron chi connectivity index (χ1n) is 6.80. The molecule has 2 heterocycles. The van der Waals surface area contributed by atoms with E-state index in [-0.39, 0.29) is 6.04 Å². The van der Waals surface area contributed by atoms with Crippen LogP contribution in [0, 0.1) is 5.92 Å². The number of methoxy groups -OCH3 is 1. The van der Waals surface area contributed by atoms with Gasteiger partial charge < -0.3 is 19.7 Å². The van der Waals surface area contributed by atoms with E-state index in [9.17, 15) is 0 Å². The topological polar surface area (TPSA) is 83.4 Å². The summed E-state index contributed by atoms with van der Waals surface area (Å²) in [5.74, 6) is 1.57. The summed E-state index contributed by atoms with van der Waals surface area (Å²) in [7, 11) is 1.68. The first kappa shape index (κ1) is 14.4. The summed E-state index contributed by atoms with van der Waals surface area (Å²) in [6.07, 6.45) is 2.30. The number of nitrogens with two attached hydrogens (primary N) is 1. The molecule has 1 atom stereocenters. The highest BCUT2D eigenvalue weighted by atomic mass is 16.5. The summed E-state index contributed by atoms with van der Waals surface area (Å²) in [5.41, 5.74) is 5.57. The highest BCUT2D eigenvalue weighted by Crippen LogP contribution is 2.34. The van der Waals surface area contributed by atoms with Crippen LogP contribution in [0.5, 0.6) is 0 Å². The largest absolute Gasteiger partial charge is 0.381 e. The number of ether oxygens (including phenoxy) is 2. The molecular formula is C13H23N3O3. The molecule has 1 aliphatic rings. The van der Waals surface area contributed by atoms with Crippen LogP contribution in [0.15, 0.2) is 4.52 Å². The monoisotopic (exact) mass is 269 g/mol. The van der Waals surface area contributed by atoms with E-state index in [1.807, 2.05) is 0 Å². The lowest BCUT2D eigenvalue weighted by Crippen LogP contribution is -2.36. The zero-order valence-corrected chi connectivity index (χ0v) is 11.9. The van der Waals surface area contributed by atoms with Crippen LogP contribution >= 0.6 is 0 Å². The van der Waals surface area contributed by atoms with E-state index in [4.69, 9.17) is 19.7 Å². The fourth-order valence-corrected chi connectivity index (χ4v) is 2.40. The Labute approximate surface area is 113 Å². The third-order valence-corrected chi connectivity index (χ3v) is 3.58. The van der Waals surface area contributed by atoms with Gasteiger partial charge in [-0.25, -0.2) is 0 Å². The lowest BCUT2D eigenvalue weighted by atomic mass is 9.93. The van der Waals surface area contributed by atoms with Crippen LogP contribution in [-0.4, -0.2) is 30.5 Å². The number of nitrogens with zero attached hydrogens (tertiary/aromatic N) is 2. The molecular weight excluding hydrogens is 246 g/mol. The molecule has 1 saturated heterocycles. The van der Waals surface area contributed by atoms with Crippen molar-refractivity contribution in [3.63, 3.8) is 0 Å². The lowest BCUT2D eigenvalue weighted by molar-refractivity contribution is -0.101. The second-order valence-corrected chi connectivity index (χ2v) is 5.50. The van der Waals surface area contributed by atoms with Gasteiger partial charge >= 0.3 is 0 Å². The Kier molecular flexibility index (Phi) is 4.54. The summed E-state index contributed by atoms with van der Waals surface area (Å²) in [4.78, 5) is 4.45. The molecule has 6 nitrogen and oxygen atoms in total. The molecule has 0 amide bonds. The zero-order valence-electron chi connectivity index (χ0n) is 11.9. The number of aromatic nitrogens is 2. The normalized spacial score (nSPS) is 20.7. The van der Waals surface area contributed by atoms with E-state index in [2.05, 4.69) is 24.0 Å². The SMILES string of the molecule is COC1(c2noc(C(N)CC(C)C)n2)CCOCC1. The molecule has 1 aromatic heterocycles. The van der Waals surface area contributed by atoms with Crippen LogP contribution in [0.25, 0.3) is 0 Å². The Hall–Kier alpha value is -0.980. The molecule has 1 aliphatic heterocycles. The van der Waals surface area contributed by atoms with Gasteiger partial charge in [0.1, 0.15) is 5.60 Å². The first-order valence-corrected chi connectivity index (χ1v) is 6.80. The van der Waals surface area contributed by atoms with E-state index in [1.165, 1.54) is 0 Å². The molecule has 19 heavy (non-hydrogen) atoms. The smallest absolute Gasteiger partial charge is 0.243 e. The summed E-state index contributed by atoms with van der Waals surface area (Å²) in [5, 5.41) is 4.06. The number of hydrogen-bond donors (Lipinski definition) is 1. The Morgan fingerprint density at radius 3 is 2.63 bits per heavy atom. The molecule has 0 aromatic carbocycles. The van der Waals surface area contributed by atoms with E-state index in [0.717, 1.165) is 19.3 Å². The third kappa shape index (κ3) is 3.13. The molecule has 0 bridgehead atoms. The lowest BCUT2D eigenvalue weighted by Gasteiger charge is -2.32.